The standard InChI is InChI=1S/C32H40N2O10.2CH4O3S/c1-3-29(35)41-23-27(21-39-25-15-9-7-10-16-25)43-31(37)33-19-13-5-6-14-20-34-32(38)44-28(24-42-30(36)4-2)22-40-26-17-11-8-12-18-26;2*1-5(2,3)4/h3-4,7-12,15-18,27-28H,1-2,5-6,13-14,19-24H2,(H,33,37)(H,34,38);2*1H3,(H,2,3,4). The van der Waals surface area contributed by atoms with Gasteiger partial charge in [0.15, 0.2) is 12.2 Å². The van der Waals surface area contributed by atoms with Crippen molar-refractivity contribution in [1.29, 1.82) is 0 Å². The number of rotatable bonds is 21. The van der Waals surface area contributed by atoms with Gasteiger partial charge in [-0.25, -0.2) is 19.2 Å². The van der Waals surface area contributed by atoms with Crippen LogP contribution < -0.4 is 20.1 Å². The van der Waals surface area contributed by atoms with Crippen molar-refractivity contribution in [3.05, 3.63) is 86.0 Å². The van der Waals surface area contributed by atoms with Crippen molar-refractivity contribution in [3.8, 4) is 11.5 Å². The van der Waals surface area contributed by atoms with Gasteiger partial charge in [0.05, 0.1) is 12.5 Å². The Morgan fingerprint density at radius 3 is 1.22 bits per heavy atom. The number of hydrogen-bond donors (Lipinski definition) is 4. The number of carbonyl (C=O) groups excluding carboxylic acids is 4. The van der Waals surface area contributed by atoms with E-state index in [-0.39, 0.29) is 26.4 Å². The molecule has 0 fully saturated rings. The molecule has 0 aromatic heterocycles. The van der Waals surface area contributed by atoms with Crippen molar-refractivity contribution >= 4 is 44.4 Å². The summed E-state index contributed by atoms with van der Waals surface area (Å²) in [5.41, 5.74) is 0. The molecule has 0 radical (unpaired) electrons. The Hall–Kier alpha value is -5.18. The van der Waals surface area contributed by atoms with Gasteiger partial charge in [0.2, 0.25) is 0 Å². The van der Waals surface area contributed by atoms with Crippen molar-refractivity contribution in [1.82, 2.24) is 10.6 Å². The van der Waals surface area contributed by atoms with Gasteiger partial charge in [-0.05, 0) is 37.1 Å². The van der Waals surface area contributed by atoms with E-state index in [1.165, 1.54) is 0 Å². The Labute approximate surface area is 315 Å². The predicted octanol–water partition coefficient (Wildman–Crippen LogP) is 3.36. The average molecular weight is 805 g/mol. The molecule has 0 bridgehead atoms. The summed E-state index contributed by atoms with van der Waals surface area (Å²) in [7, 11) is -7.33. The summed E-state index contributed by atoms with van der Waals surface area (Å²) in [6.07, 6.45) is 3.48. The van der Waals surface area contributed by atoms with Crippen LogP contribution in [0.5, 0.6) is 11.5 Å². The molecule has 18 nitrogen and oxygen atoms in total. The van der Waals surface area contributed by atoms with Gasteiger partial charge in [-0.3, -0.25) is 9.11 Å². The number of hydrogen-bond acceptors (Lipinski definition) is 14. The van der Waals surface area contributed by atoms with Gasteiger partial charge >= 0.3 is 24.1 Å². The van der Waals surface area contributed by atoms with Crippen molar-refractivity contribution in [3.63, 3.8) is 0 Å². The Morgan fingerprint density at radius 1 is 0.611 bits per heavy atom. The van der Waals surface area contributed by atoms with Crippen LogP contribution in [0.15, 0.2) is 86.0 Å². The van der Waals surface area contributed by atoms with Crippen molar-refractivity contribution in [2.24, 2.45) is 0 Å². The number of para-hydroxylation sites is 2. The quantitative estimate of drug-likeness (QED) is 0.0464. The lowest BCUT2D eigenvalue weighted by Crippen LogP contribution is -2.36. The van der Waals surface area contributed by atoms with Gasteiger partial charge in [0.25, 0.3) is 20.2 Å². The van der Waals surface area contributed by atoms with Crippen LogP contribution in [0, 0.1) is 0 Å². The van der Waals surface area contributed by atoms with Crippen LogP contribution in [0.3, 0.4) is 0 Å². The molecule has 0 saturated heterocycles. The largest absolute Gasteiger partial charge is 0.490 e. The fourth-order valence-corrected chi connectivity index (χ4v) is 3.48. The molecule has 0 saturated carbocycles. The number of amides is 2. The Balaban J connectivity index is 0.00000247. The van der Waals surface area contributed by atoms with E-state index in [4.69, 9.17) is 37.5 Å². The molecule has 2 atom stereocenters. The maximum atomic E-state index is 12.3. The minimum atomic E-state index is -3.67. The topological polar surface area (TPSA) is 256 Å². The highest BCUT2D eigenvalue weighted by Gasteiger charge is 2.19. The molecular weight excluding hydrogens is 757 g/mol. The first-order valence-corrected chi connectivity index (χ1v) is 19.8. The molecule has 2 rings (SSSR count). The molecule has 4 N–H and O–H groups in total. The first-order valence-electron chi connectivity index (χ1n) is 16.1. The van der Waals surface area contributed by atoms with Crippen LogP contribution >= 0.6 is 0 Å². The molecular formula is C34H48N2O16S2. The highest BCUT2D eigenvalue weighted by Crippen LogP contribution is 2.11. The number of carbonyl (C=O) groups is 4. The first kappa shape index (κ1) is 48.8. The highest BCUT2D eigenvalue weighted by molar-refractivity contribution is 7.85. The molecule has 0 spiro atoms. The summed E-state index contributed by atoms with van der Waals surface area (Å²) >= 11 is 0. The summed E-state index contributed by atoms with van der Waals surface area (Å²) in [4.78, 5) is 47.4. The first-order chi connectivity index (χ1) is 25.4. The molecule has 0 heterocycles. The van der Waals surface area contributed by atoms with Gasteiger partial charge in [0.1, 0.15) is 37.9 Å². The zero-order valence-electron chi connectivity index (χ0n) is 30.0. The van der Waals surface area contributed by atoms with Crippen LogP contribution in [-0.2, 0) is 48.8 Å². The summed E-state index contributed by atoms with van der Waals surface area (Å²) in [6, 6.07) is 18.0. The SMILES string of the molecule is C=CC(=O)OCC(COc1ccccc1)OC(=O)NCCCCCCNC(=O)OC(COC(=O)C=C)COc1ccccc1.CS(=O)(=O)O.CS(=O)(=O)O. The second-order valence-corrected chi connectivity index (χ2v) is 13.6. The van der Waals surface area contributed by atoms with Gasteiger partial charge in [0, 0.05) is 25.2 Å². The Kier molecular flexibility index (Phi) is 25.6. The number of unbranched alkanes of at least 4 members (excludes halogenated alkanes) is 3. The maximum Gasteiger partial charge on any atom is 0.407 e. The van der Waals surface area contributed by atoms with Gasteiger partial charge in [-0.2, -0.15) is 16.8 Å². The summed E-state index contributed by atoms with van der Waals surface area (Å²) in [5, 5.41) is 5.34. The van der Waals surface area contributed by atoms with Crippen molar-refractivity contribution in [2.45, 2.75) is 37.9 Å². The lowest BCUT2D eigenvalue weighted by molar-refractivity contribution is -0.142. The zero-order chi connectivity index (χ0) is 40.8. The van der Waals surface area contributed by atoms with E-state index in [9.17, 15) is 36.0 Å². The number of alkyl carbamates (subject to hydrolysis) is 2. The molecule has 0 aliphatic heterocycles. The molecule has 2 unspecified atom stereocenters. The Bertz CT molecular complexity index is 1490. The predicted molar refractivity (Wildman–Crippen MR) is 196 cm³/mol. The van der Waals surface area contributed by atoms with E-state index in [0.717, 1.165) is 25.0 Å². The van der Waals surface area contributed by atoms with E-state index in [1.54, 1.807) is 24.3 Å². The molecule has 2 aromatic rings. The second-order valence-electron chi connectivity index (χ2n) is 10.7. The van der Waals surface area contributed by atoms with Gasteiger partial charge in [-0.1, -0.05) is 62.4 Å². The van der Waals surface area contributed by atoms with Crippen molar-refractivity contribution < 1.29 is 73.5 Å². The molecule has 20 heteroatoms. The maximum absolute atomic E-state index is 12.3. The third-order valence-corrected chi connectivity index (χ3v) is 5.70. The van der Waals surface area contributed by atoms with E-state index >= 15 is 0 Å². The summed E-state index contributed by atoms with van der Waals surface area (Å²) in [6.45, 7) is 7.08. The summed E-state index contributed by atoms with van der Waals surface area (Å²) < 4.78 is 83.7. The van der Waals surface area contributed by atoms with E-state index in [2.05, 4.69) is 23.8 Å². The third-order valence-electron chi connectivity index (χ3n) is 5.70. The smallest absolute Gasteiger partial charge is 0.407 e. The van der Waals surface area contributed by atoms with E-state index in [1.807, 2.05) is 36.4 Å². The number of ether oxygens (including phenoxy) is 6. The lowest BCUT2D eigenvalue weighted by Gasteiger charge is -2.19. The lowest BCUT2D eigenvalue weighted by atomic mass is 10.2. The highest BCUT2D eigenvalue weighted by atomic mass is 32.2. The fraction of sp³-hybridized carbons (Fsp3) is 0.412. The van der Waals surface area contributed by atoms with Crippen LogP contribution in [-0.4, -0.2) is 114 Å². The molecule has 302 valence electrons. The van der Waals surface area contributed by atoms with Crippen LogP contribution in [0.1, 0.15) is 25.7 Å². The minimum absolute atomic E-state index is 0.00192. The zero-order valence-corrected chi connectivity index (χ0v) is 31.6. The van der Waals surface area contributed by atoms with E-state index in [0.29, 0.717) is 49.9 Å². The van der Waals surface area contributed by atoms with Crippen molar-refractivity contribution in [2.75, 3.05) is 52.0 Å². The number of esters is 2. The van der Waals surface area contributed by atoms with Crippen LogP contribution in [0.4, 0.5) is 9.59 Å². The summed E-state index contributed by atoms with van der Waals surface area (Å²) in [5.74, 6) is -0.0878. The van der Waals surface area contributed by atoms with Crippen LogP contribution in [0.2, 0.25) is 0 Å². The molecule has 2 aromatic carbocycles. The van der Waals surface area contributed by atoms with Gasteiger partial charge < -0.3 is 39.1 Å². The average Bonchev–Trinajstić information content (AvgIpc) is 3.10. The molecule has 54 heavy (non-hydrogen) atoms. The third kappa shape index (κ3) is 33.9. The molecule has 0 aliphatic carbocycles. The minimum Gasteiger partial charge on any atom is -0.490 e. The normalized spacial score (nSPS) is 11.6. The Morgan fingerprint density at radius 2 is 0.926 bits per heavy atom. The molecule has 0 aliphatic rings. The second kappa shape index (κ2) is 28.3. The number of benzene rings is 2. The fourth-order valence-electron chi connectivity index (χ4n) is 3.48. The monoisotopic (exact) mass is 804 g/mol. The van der Waals surface area contributed by atoms with Crippen LogP contribution in [0.25, 0.3) is 0 Å². The molecule has 2 amide bonds. The number of nitrogens with one attached hydrogen (secondary N) is 2. The van der Waals surface area contributed by atoms with E-state index < -0.39 is 56.6 Å². The van der Waals surface area contributed by atoms with Gasteiger partial charge in [-0.15, -0.1) is 0 Å².